The highest BCUT2D eigenvalue weighted by Gasteiger charge is 2.09. The molecule has 0 N–H and O–H groups in total. The van der Waals surface area contributed by atoms with Crippen molar-refractivity contribution in [2.45, 2.75) is 0 Å². The Balaban J connectivity index is 2.07. The van der Waals surface area contributed by atoms with Crippen LogP contribution in [0.15, 0.2) is 66.7 Å². The van der Waals surface area contributed by atoms with Gasteiger partial charge in [-0.25, -0.2) is 0 Å². The fourth-order valence-electron chi connectivity index (χ4n) is 2.71. The van der Waals surface area contributed by atoms with E-state index in [0.29, 0.717) is 0 Å². The summed E-state index contributed by atoms with van der Waals surface area (Å²) in [6, 6.07) is 24.1. The molecule has 94 valence electrons. The molecule has 0 amide bonds. The first-order chi connectivity index (χ1) is 9.83. The zero-order valence-corrected chi connectivity index (χ0v) is 12.1. The molecule has 0 radical (unpaired) electrons. The van der Waals surface area contributed by atoms with E-state index in [2.05, 4.69) is 74.6 Å². The third-order valence-electron chi connectivity index (χ3n) is 3.77. The normalized spacial score (nSPS) is 11.2. The van der Waals surface area contributed by atoms with E-state index in [0.717, 1.165) is 0 Å². The van der Waals surface area contributed by atoms with Gasteiger partial charge in [0.15, 0.2) is 0 Å². The van der Waals surface area contributed by atoms with Crippen molar-refractivity contribution < 1.29 is 0 Å². The molecule has 1 heterocycles. The SMILES string of the molecule is Bc1ccc(-c2cccc3c2sc2ccccc23)cc1. The molecule has 0 aliphatic carbocycles. The Labute approximate surface area is 123 Å². The van der Waals surface area contributed by atoms with Crippen LogP contribution >= 0.6 is 11.3 Å². The summed E-state index contributed by atoms with van der Waals surface area (Å²) in [6.45, 7) is 0. The van der Waals surface area contributed by atoms with Crippen molar-refractivity contribution in [3.05, 3.63) is 66.7 Å². The van der Waals surface area contributed by atoms with Gasteiger partial charge in [0.05, 0.1) is 0 Å². The van der Waals surface area contributed by atoms with E-state index in [9.17, 15) is 0 Å². The van der Waals surface area contributed by atoms with Crippen molar-refractivity contribution in [1.82, 2.24) is 0 Å². The van der Waals surface area contributed by atoms with Crippen LogP contribution in [0.25, 0.3) is 31.3 Å². The number of benzene rings is 3. The Bertz CT molecular complexity index is 904. The molecule has 20 heavy (non-hydrogen) atoms. The summed E-state index contributed by atoms with van der Waals surface area (Å²) in [4.78, 5) is 0. The Morgan fingerprint density at radius 2 is 1.45 bits per heavy atom. The Kier molecular flexibility index (Phi) is 2.64. The maximum atomic E-state index is 2.23. The van der Waals surface area contributed by atoms with Gasteiger partial charge in [0.1, 0.15) is 7.85 Å². The maximum absolute atomic E-state index is 2.23. The van der Waals surface area contributed by atoms with Crippen LogP contribution < -0.4 is 5.46 Å². The maximum Gasteiger partial charge on any atom is 0.139 e. The second-order valence-electron chi connectivity index (χ2n) is 5.15. The minimum atomic E-state index is 1.30. The molecule has 0 aliphatic rings. The van der Waals surface area contributed by atoms with Gasteiger partial charge in [0.2, 0.25) is 0 Å². The van der Waals surface area contributed by atoms with E-state index in [4.69, 9.17) is 0 Å². The van der Waals surface area contributed by atoms with Gasteiger partial charge >= 0.3 is 0 Å². The van der Waals surface area contributed by atoms with Crippen LogP contribution in [-0.4, -0.2) is 7.85 Å². The fourth-order valence-corrected chi connectivity index (χ4v) is 3.95. The molecule has 0 unspecified atom stereocenters. The lowest BCUT2D eigenvalue weighted by Gasteiger charge is -2.04. The predicted octanol–water partition coefficient (Wildman–Crippen LogP) is 3.98. The molecule has 2 heteroatoms. The predicted molar refractivity (Wildman–Crippen MR) is 92.9 cm³/mol. The largest absolute Gasteiger partial charge is 0.139 e. The van der Waals surface area contributed by atoms with Gasteiger partial charge in [-0.1, -0.05) is 66.1 Å². The summed E-state index contributed by atoms with van der Waals surface area (Å²) in [5, 5.41) is 2.73. The number of hydrogen-bond donors (Lipinski definition) is 0. The Morgan fingerprint density at radius 1 is 0.700 bits per heavy atom. The highest BCUT2D eigenvalue weighted by atomic mass is 32.1. The number of hydrogen-bond acceptors (Lipinski definition) is 1. The molecule has 0 saturated carbocycles. The first-order valence-electron chi connectivity index (χ1n) is 6.80. The quantitative estimate of drug-likeness (QED) is 0.460. The second kappa shape index (κ2) is 4.50. The van der Waals surface area contributed by atoms with Crippen LogP contribution in [0.5, 0.6) is 0 Å². The monoisotopic (exact) mass is 272 g/mol. The van der Waals surface area contributed by atoms with E-state index in [1.807, 2.05) is 11.3 Å². The highest BCUT2D eigenvalue weighted by Crippen LogP contribution is 2.39. The number of thiophene rings is 1. The smallest absolute Gasteiger partial charge is 0.135 e. The number of fused-ring (bicyclic) bond motifs is 3. The number of rotatable bonds is 1. The third-order valence-corrected chi connectivity index (χ3v) is 4.99. The summed E-state index contributed by atoms with van der Waals surface area (Å²) in [5.74, 6) is 0. The van der Waals surface area contributed by atoms with Crippen LogP contribution in [0, 0.1) is 0 Å². The first kappa shape index (κ1) is 11.7. The Morgan fingerprint density at radius 3 is 2.30 bits per heavy atom. The van der Waals surface area contributed by atoms with Gasteiger partial charge in [-0.15, -0.1) is 11.3 Å². The van der Waals surface area contributed by atoms with Crippen LogP contribution in [0.3, 0.4) is 0 Å². The van der Waals surface area contributed by atoms with E-state index >= 15 is 0 Å². The zero-order valence-electron chi connectivity index (χ0n) is 11.3. The molecule has 1 aromatic heterocycles. The van der Waals surface area contributed by atoms with Crippen molar-refractivity contribution in [1.29, 1.82) is 0 Å². The molecule has 0 atom stereocenters. The molecule has 4 rings (SSSR count). The summed E-state index contributed by atoms with van der Waals surface area (Å²) >= 11 is 1.89. The lowest BCUT2D eigenvalue weighted by atomic mass is 9.93. The molecular formula is C18H13BS. The van der Waals surface area contributed by atoms with Gasteiger partial charge in [-0.3, -0.25) is 0 Å². The summed E-state index contributed by atoms with van der Waals surface area (Å²) in [6.07, 6.45) is 0. The summed E-state index contributed by atoms with van der Waals surface area (Å²) < 4.78 is 2.75. The van der Waals surface area contributed by atoms with Crippen LogP contribution in [0.4, 0.5) is 0 Å². The van der Waals surface area contributed by atoms with Crippen molar-refractivity contribution in [2.75, 3.05) is 0 Å². The third kappa shape index (κ3) is 1.76. The second-order valence-corrected chi connectivity index (χ2v) is 6.20. The van der Waals surface area contributed by atoms with Gasteiger partial charge in [0.25, 0.3) is 0 Å². The van der Waals surface area contributed by atoms with E-state index < -0.39 is 0 Å². The van der Waals surface area contributed by atoms with Crippen molar-refractivity contribution >= 4 is 44.8 Å². The zero-order chi connectivity index (χ0) is 13.5. The lowest BCUT2D eigenvalue weighted by molar-refractivity contribution is 1.71. The average molecular weight is 272 g/mol. The van der Waals surface area contributed by atoms with Crippen molar-refractivity contribution in [3.8, 4) is 11.1 Å². The lowest BCUT2D eigenvalue weighted by Crippen LogP contribution is -1.99. The van der Waals surface area contributed by atoms with E-state index in [1.165, 1.54) is 36.8 Å². The minimum absolute atomic E-state index is 1.30. The molecule has 0 saturated heterocycles. The van der Waals surface area contributed by atoms with E-state index in [1.54, 1.807) is 0 Å². The van der Waals surface area contributed by atoms with Crippen LogP contribution in [-0.2, 0) is 0 Å². The molecule has 0 spiro atoms. The topological polar surface area (TPSA) is 0 Å². The Hall–Kier alpha value is -2.06. The highest BCUT2D eigenvalue weighted by molar-refractivity contribution is 7.26. The molecule has 3 aromatic carbocycles. The first-order valence-corrected chi connectivity index (χ1v) is 7.62. The molecule has 4 aromatic rings. The van der Waals surface area contributed by atoms with Crippen LogP contribution in [0.2, 0.25) is 0 Å². The van der Waals surface area contributed by atoms with Gasteiger partial charge in [-0.2, -0.15) is 0 Å². The van der Waals surface area contributed by atoms with E-state index in [-0.39, 0.29) is 0 Å². The van der Waals surface area contributed by atoms with Gasteiger partial charge < -0.3 is 0 Å². The van der Waals surface area contributed by atoms with Gasteiger partial charge in [0, 0.05) is 20.2 Å². The molecule has 0 aliphatic heterocycles. The molecule has 0 nitrogen and oxygen atoms in total. The summed E-state index contributed by atoms with van der Waals surface area (Å²) in [7, 11) is 2.13. The molecule has 0 bridgehead atoms. The van der Waals surface area contributed by atoms with Crippen LogP contribution in [0.1, 0.15) is 0 Å². The standard InChI is InChI=1S/C18H13BS/c19-13-10-8-12(9-11-13)14-5-3-6-16-15-4-1-2-7-17(15)20-18(14)16/h1-11H,19H2. The van der Waals surface area contributed by atoms with Gasteiger partial charge in [-0.05, 0) is 17.2 Å². The van der Waals surface area contributed by atoms with Crippen molar-refractivity contribution in [3.63, 3.8) is 0 Å². The molecule has 0 fully saturated rings. The summed E-state index contributed by atoms with van der Waals surface area (Å²) in [5.41, 5.74) is 3.94. The fraction of sp³-hybridized carbons (Fsp3) is 0. The minimum Gasteiger partial charge on any atom is -0.135 e. The van der Waals surface area contributed by atoms with Crippen molar-refractivity contribution in [2.24, 2.45) is 0 Å². The average Bonchev–Trinajstić information content (AvgIpc) is 2.87. The molecular weight excluding hydrogens is 259 g/mol.